The Labute approximate surface area is 200 Å². The number of anilines is 1. The first-order chi connectivity index (χ1) is 16.0. The molecule has 0 aliphatic carbocycles. The van der Waals surface area contributed by atoms with Crippen LogP contribution in [0.1, 0.15) is 18.5 Å². The van der Waals surface area contributed by atoms with E-state index >= 15 is 0 Å². The molecule has 2 aliphatic heterocycles. The SMILES string of the molecule is [B]C1(N)c2ncccc2OC12CCN(c1nc3ncc(Sc4ccncc4Cl)nc3[nH]1)CC2. The van der Waals surface area contributed by atoms with E-state index in [1.165, 1.54) is 11.8 Å². The second-order valence-corrected chi connectivity index (χ2v) is 9.62. The molecule has 3 N–H and O–H groups in total. The van der Waals surface area contributed by atoms with Crippen LogP contribution >= 0.6 is 23.4 Å². The molecule has 6 heterocycles. The number of rotatable bonds is 3. The Kier molecular flexibility index (Phi) is 4.75. The van der Waals surface area contributed by atoms with Crippen molar-refractivity contribution in [3.05, 3.63) is 53.7 Å². The molecule has 33 heavy (non-hydrogen) atoms. The number of ether oxygens (including phenoxy) is 1. The molecular weight excluding hydrogens is 459 g/mol. The van der Waals surface area contributed by atoms with E-state index in [9.17, 15) is 0 Å². The minimum atomic E-state index is -1.15. The fourth-order valence-corrected chi connectivity index (χ4v) is 5.39. The highest BCUT2D eigenvalue weighted by atomic mass is 35.5. The summed E-state index contributed by atoms with van der Waals surface area (Å²) < 4.78 is 6.26. The molecule has 2 aliphatic rings. The third kappa shape index (κ3) is 3.34. The Balaban J connectivity index is 1.21. The minimum Gasteiger partial charge on any atom is -0.484 e. The van der Waals surface area contributed by atoms with Crippen molar-refractivity contribution in [2.45, 2.75) is 33.8 Å². The van der Waals surface area contributed by atoms with E-state index < -0.39 is 11.0 Å². The lowest BCUT2D eigenvalue weighted by molar-refractivity contribution is 0.0270. The average Bonchev–Trinajstić information content (AvgIpc) is 3.33. The van der Waals surface area contributed by atoms with Gasteiger partial charge in [-0.05, 0) is 18.2 Å². The number of nitrogens with one attached hydrogen (secondary N) is 1. The highest BCUT2D eigenvalue weighted by molar-refractivity contribution is 7.99. The standard InChI is InChI=1S/C21H18BClN8OS/c22-21(24)16-13(2-1-6-26-16)32-20(21)4-8-31(9-5-20)19-29-17-18(30-19)28-15(11-27-17)33-14-3-7-25-10-12(14)23/h1-3,6-7,10-11H,4-5,8-9,24H2,(H,27,28,29,30). The van der Waals surface area contributed by atoms with Crippen LogP contribution in [0.25, 0.3) is 11.3 Å². The van der Waals surface area contributed by atoms with E-state index in [4.69, 9.17) is 29.9 Å². The third-order valence-electron chi connectivity index (χ3n) is 6.22. The molecule has 0 saturated carbocycles. The molecule has 1 fully saturated rings. The van der Waals surface area contributed by atoms with Crippen molar-refractivity contribution in [3.8, 4) is 5.75 Å². The number of nitrogens with two attached hydrogens (primary N) is 1. The van der Waals surface area contributed by atoms with Gasteiger partial charge in [0.05, 0.1) is 22.4 Å². The van der Waals surface area contributed by atoms with Crippen molar-refractivity contribution in [2.24, 2.45) is 5.73 Å². The number of nitrogens with zero attached hydrogens (tertiary/aromatic N) is 6. The number of imidazole rings is 1. The van der Waals surface area contributed by atoms with Gasteiger partial charge in [0, 0.05) is 49.4 Å². The zero-order chi connectivity index (χ0) is 22.6. The lowest BCUT2D eigenvalue weighted by Crippen LogP contribution is -2.62. The van der Waals surface area contributed by atoms with Crippen LogP contribution in [0, 0.1) is 0 Å². The number of halogens is 1. The molecule has 6 rings (SSSR count). The molecule has 4 aromatic rings. The Morgan fingerprint density at radius 1 is 1.15 bits per heavy atom. The zero-order valence-corrected chi connectivity index (χ0v) is 19.0. The van der Waals surface area contributed by atoms with E-state index in [0.29, 0.717) is 64.7 Å². The van der Waals surface area contributed by atoms with Gasteiger partial charge in [-0.25, -0.2) is 9.97 Å². The number of H-pyrrole nitrogens is 1. The fraction of sp³-hybridized carbons (Fsp3) is 0.286. The van der Waals surface area contributed by atoms with Gasteiger partial charge in [-0.3, -0.25) is 9.97 Å². The van der Waals surface area contributed by atoms with E-state index in [1.54, 1.807) is 24.8 Å². The van der Waals surface area contributed by atoms with Crippen molar-refractivity contribution < 1.29 is 4.74 Å². The molecule has 0 bridgehead atoms. The number of hydrogen-bond donors (Lipinski definition) is 2. The predicted molar refractivity (Wildman–Crippen MR) is 126 cm³/mol. The lowest BCUT2D eigenvalue weighted by atomic mass is 9.61. The summed E-state index contributed by atoms with van der Waals surface area (Å²) in [5.74, 6) is 1.37. The van der Waals surface area contributed by atoms with Crippen LogP contribution in [0.5, 0.6) is 5.75 Å². The highest BCUT2D eigenvalue weighted by Crippen LogP contribution is 2.48. The second-order valence-electron chi connectivity index (χ2n) is 8.15. The topological polar surface area (TPSA) is 119 Å². The first kappa shape index (κ1) is 20.7. The van der Waals surface area contributed by atoms with Gasteiger partial charge in [0.25, 0.3) is 0 Å². The number of piperidine rings is 1. The zero-order valence-electron chi connectivity index (χ0n) is 17.4. The van der Waals surface area contributed by atoms with Crippen molar-refractivity contribution in [2.75, 3.05) is 18.0 Å². The van der Waals surface area contributed by atoms with Gasteiger partial charge in [-0.2, -0.15) is 4.98 Å². The van der Waals surface area contributed by atoms with E-state index in [-0.39, 0.29) is 0 Å². The summed E-state index contributed by atoms with van der Waals surface area (Å²) in [5, 5.41) is 1.28. The highest BCUT2D eigenvalue weighted by Gasteiger charge is 2.56. The smallest absolute Gasteiger partial charge is 0.206 e. The molecule has 2 radical (unpaired) electrons. The molecule has 164 valence electrons. The van der Waals surface area contributed by atoms with Crippen LogP contribution in [-0.4, -0.2) is 56.4 Å². The number of fused-ring (bicyclic) bond motifs is 2. The first-order valence-corrected chi connectivity index (χ1v) is 11.6. The summed E-state index contributed by atoms with van der Waals surface area (Å²) in [6, 6.07) is 5.53. The quantitative estimate of drug-likeness (QED) is 0.430. The van der Waals surface area contributed by atoms with Crippen molar-refractivity contribution >= 4 is 48.5 Å². The summed E-state index contributed by atoms with van der Waals surface area (Å²) >= 11 is 7.63. The van der Waals surface area contributed by atoms with Gasteiger partial charge >= 0.3 is 0 Å². The van der Waals surface area contributed by atoms with E-state index in [2.05, 4.69) is 34.8 Å². The fourth-order valence-electron chi connectivity index (χ4n) is 4.41. The molecular formula is C21H18BClN8OS. The van der Waals surface area contributed by atoms with Gasteiger partial charge in [-0.15, -0.1) is 0 Å². The Morgan fingerprint density at radius 2 is 2.00 bits per heavy atom. The summed E-state index contributed by atoms with van der Waals surface area (Å²) in [5.41, 5.74) is 6.47. The molecule has 4 aromatic heterocycles. The summed E-state index contributed by atoms with van der Waals surface area (Å²) in [7, 11) is 6.55. The van der Waals surface area contributed by atoms with Gasteiger partial charge in [0.1, 0.15) is 24.2 Å². The van der Waals surface area contributed by atoms with Crippen molar-refractivity contribution in [1.82, 2.24) is 29.9 Å². The van der Waals surface area contributed by atoms with Crippen LogP contribution in [-0.2, 0) is 5.44 Å². The maximum Gasteiger partial charge on any atom is 0.206 e. The lowest BCUT2D eigenvalue weighted by Gasteiger charge is -2.45. The molecule has 0 aromatic carbocycles. The van der Waals surface area contributed by atoms with Crippen LogP contribution in [0.4, 0.5) is 5.95 Å². The van der Waals surface area contributed by atoms with Gasteiger partial charge < -0.3 is 20.4 Å². The van der Waals surface area contributed by atoms with Gasteiger partial charge in [-0.1, -0.05) is 23.4 Å². The van der Waals surface area contributed by atoms with Gasteiger partial charge in [0.15, 0.2) is 11.3 Å². The largest absolute Gasteiger partial charge is 0.484 e. The number of hydrogen-bond acceptors (Lipinski definition) is 9. The second kappa shape index (κ2) is 7.58. The van der Waals surface area contributed by atoms with Gasteiger partial charge in [0.2, 0.25) is 5.95 Å². The van der Waals surface area contributed by atoms with Crippen LogP contribution < -0.4 is 15.4 Å². The molecule has 12 heteroatoms. The van der Waals surface area contributed by atoms with E-state index in [0.717, 1.165) is 4.90 Å². The van der Waals surface area contributed by atoms with Crippen LogP contribution in [0.15, 0.2) is 52.9 Å². The Hall–Kier alpha value is -2.89. The van der Waals surface area contributed by atoms with Crippen LogP contribution in [0.3, 0.4) is 0 Å². The van der Waals surface area contributed by atoms with E-state index in [1.807, 2.05) is 18.2 Å². The predicted octanol–water partition coefficient (Wildman–Crippen LogP) is 2.66. The molecule has 0 amide bonds. The molecule has 1 atom stereocenters. The Morgan fingerprint density at radius 3 is 2.79 bits per heavy atom. The van der Waals surface area contributed by atoms with Crippen molar-refractivity contribution in [3.63, 3.8) is 0 Å². The first-order valence-electron chi connectivity index (χ1n) is 10.4. The summed E-state index contributed by atoms with van der Waals surface area (Å²) in [4.78, 5) is 28.4. The molecule has 1 saturated heterocycles. The molecule has 9 nitrogen and oxygen atoms in total. The number of pyridine rings is 2. The average molecular weight is 477 g/mol. The third-order valence-corrected chi connectivity index (χ3v) is 7.61. The molecule has 1 spiro atoms. The summed E-state index contributed by atoms with van der Waals surface area (Å²) in [6.45, 7) is 1.33. The normalized spacial score (nSPS) is 21.3. The maximum atomic E-state index is 6.55. The maximum absolute atomic E-state index is 6.55. The minimum absolute atomic E-state index is 0.552. The molecule has 1 unspecified atom stereocenters. The number of aromatic amines is 1. The summed E-state index contributed by atoms with van der Waals surface area (Å²) in [6.07, 6.45) is 7.94. The van der Waals surface area contributed by atoms with Crippen molar-refractivity contribution in [1.29, 1.82) is 0 Å². The monoisotopic (exact) mass is 476 g/mol. The number of aromatic nitrogens is 6. The Bertz CT molecular complexity index is 1360. The van der Waals surface area contributed by atoms with Crippen LogP contribution in [0.2, 0.25) is 5.02 Å².